The van der Waals surface area contributed by atoms with E-state index in [2.05, 4.69) is 63.7 Å². The Hall–Kier alpha value is -3.13. The first-order valence-corrected chi connectivity index (χ1v) is 17.1. The standard InChI is InChI=1S/C35H44N4O2S/c1-26(2)38-17-13-27(14-18-38)21-28-15-19-39(20-16-28)32-10-6-9-30(22-32)35-24-31-23-33(11-12-34(31)37-35)42(40,41)36-25-29-7-4-3-5-8-29/h3-12,22-24,26-28,36-37H,13-21,25H2,1-2H3. The second-order valence-corrected chi connectivity index (χ2v) is 14.3. The first-order chi connectivity index (χ1) is 20.3. The number of benzene rings is 3. The monoisotopic (exact) mass is 584 g/mol. The van der Waals surface area contributed by atoms with E-state index in [9.17, 15) is 8.42 Å². The van der Waals surface area contributed by atoms with E-state index in [1.54, 1.807) is 12.1 Å². The van der Waals surface area contributed by atoms with E-state index < -0.39 is 10.0 Å². The van der Waals surface area contributed by atoms with Crippen molar-refractivity contribution < 1.29 is 8.42 Å². The number of aromatic nitrogens is 1. The number of likely N-dealkylation sites (tertiary alicyclic amines) is 1. The number of nitrogens with one attached hydrogen (secondary N) is 2. The van der Waals surface area contributed by atoms with E-state index in [-0.39, 0.29) is 11.4 Å². The van der Waals surface area contributed by atoms with Gasteiger partial charge in [-0.25, -0.2) is 13.1 Å². The summed E-state index contributed by atoms with van der Waals surface area (Å²) >= 11 is 0. The van der Waals surface area contributed by atoms with Crippen LogP contribution in [-0.4, -0.2) is 50.5 Å². The average Bonchev–Trinajstić information content (AvgIpc) is 3.45. The van der Waals surface area contributed by atoms with Gasteiger partial charge in [0.2, 0.25) is 10.0 Å². The van der Waals surface area contributed by atoms with Gasteiger partial charge in [0.15, 0.2) is 0 Å². The summed E-state index contributed by atoms with van der Waals surface area (Å²) in [6.45, 7) is 9.66. The van der Waals surface area contributed by atoms with Gasteiger partial charge in [-0.15, -0.1) is 0 Å². The molecule has 0 atom stereocenters. The summed E-state index contributed by atoms with van der Waals surface area (Å²) in [6, 6.07) is 26.3. The van der Waals surface area contributed by atoms with Crippen molar-refractivity contribution in [1.29, 1.82) is 0 Å². The number of hydrogen-bond acceptors (Lipinski definition) is 4. The van der Waals surface area contributed by atoms with Crippen LogP contribution >= 0.6 is 0 Å². The second kappa shape index (κ2) is 12.6. The molecule has 2 fully saturated rings. The number of rotatable bonds is 9. The van der Waals surface area contributed by atoms with Gasteiger partial charge in [-0.3, -0.25) is 0 Å². The zero-order valence-electron chi connectivity index (χ0n) is 24.9. The van der Waals surface area contributed by atoms with Gasteiger partial charge >= 0.3 is 0 Å². The summed E-state index contributed by atoms with van der Waals surface area (Å²) in [7, 11) is -3.62. The number of H-pyrrole nitrogens is 1. The van der Waals surface area contributed by atoms with Crippen LogP contribution in [0, 0.1) is 11.8 Å². The summed E-state index contributed by atoms with van der Waals surface area (Å²) in [5.41, 5.74) is 5.24. The minimum atomic E-state index is -3.62. The molecule has 2 aliphatic heterocycles. The lowest BCUT2D eigenvalue weighted by Crippen LogP contribution is -2.39. The number of fused-ring (bicyclic) bond motifs is 1. The molecule has 0 unspecified atom stereocenters. The summed E-state index contributed by atoms with van der Waals surface area (Å²) < 4.78 is 28.7. The first kappa shape index (κ1) is 29.0. The molecule has 7 heteroatoms. The van der Waals surface area contributed by atoms with Crippen molar-refractivity contribution in [3.63, 3.8) is 0 Å². The van der Waals surface area contributed by atoms with Crippen LogP contribution in [0.25, 0.3) is 22.2 Å². The first-order valence-electron chi connectivity index (χ1n) is 15.6. The highest BCUT2D eigenvalue weighted by Crippen LogP contribution is 2.34. The van der Waals surface area contributed by atoms with Gasteiger partial charge < -0.3 is 14.8 Å². The molecular weight excluding hydrogens is 540 g/mol. The van der Waals surface area contributed by atoms with E-state index in [1.165, 1.54) is 50.9 Å². The highest BCUT2D eigenvalue weighted by atomic mass is 32.2. The molecule has 3 heterocycles. The molecular formula is C35H44N4O2S. The molecule has 42 heavy (non-hydrogen) atoms. The van der Waals surface area contributed by atoms with E-state index >= 15 is 0 Å². The number of piperidine rings is 2. The topological polar surface area (TPSA) is 68.4 Å². The highest BCUT2D eigenvalue weighted by Gasteiger charge is 2.26. The third-order valence-corrected chi connectivity index (χ3v) is 10.8. The molecule has 0 spiro atoms. The van der Waals surface area contributed by atoms with Crippen molar-refractivity contribution in [2.75, 3.05) is 31.1 Å². The molecule has 0 aliphatic carbocycles. The number of anilines is 1. The Balaban J connectivity index is 1.08. The lowest BCUT2D eigenvalue weighted by Gasteiger charge is -2.38. The van der Waals surface area contributed by atoms with Crippen LogP contribution in [0.3, 0.4) is 0 Å². The number of aromatic amines is 1. The Morgan fingerprint density at radius 2 is 1.55 bits per heavy atom. The quantitative estimate of drug-likeness (QED) is 0.221. The lowest BCUT2D eigenvalue weighted by atomic mass is 9.82. The molecule has 0 amide bonds. The number of nitrogens with zero attached hydrogens (tertiary/aromatic N) is 2. The van der Waals surface area contributed by atoms with Crippen LogP contribution in [0.4, 0.5) is 5.69 Å². The third-order valence-electron chi connectivity index (χ3n) is 9.39. The molecule has 0 saturated carbocycles. The molecule has 222 valence electrons. The summed E-state index contributed by atoms with van der Waals surface area (Å²) in [4.78, 5) is 8.94. The Morgan fingerprint density at radius 3 is 2.26 bits per heavy atom. The Morgan fingerprint density at radius 1 is 0.833 bits per heavy atom. The minimum absolute atomic E-state index is 0.265. The third kappa shape index (κ3) is 6.74. The largest absolute Gasteiger partial charge is 0.371 e. The molecule has 2 aliphatic rings. The summed E-state index contributed by atoms with van der Waals surface area (Å²) in [5, 5.41) is 0.887. The molecule has 6 rings (SSSR count). The maximum atomic E-state index is 13.0. The van der Waals surface area contributed by atoms with Gasteiger partial charge in [0.05, 0.1) is 4.90 Å². The van der Waals surface area contributed by atoms with Crippen LogP contribution in [0.2, 0.25) is 0 Å². The predicted octanol–water partition coefficient (Wildman–Crippen LogP) is 7.04. The van der Waals surface area contributed by atoms with Gasteiger partial charge in [0.25, 0.3) is 0 Å². The Bertz CT molecular complexity index is 1580. The molecule has 3 aromatic carbocycles. The van der Waals surface area contributed by atoms with Crippen molar-refractivity contribution in [1.82, 2.24) is 14.6 Å². The van der Waals surface area contributed by atoms with Gasteiger partial charge in [-0.1, -0.05) is 42.5 Å². The molecule has 6 nitrogen and oxygen atoms in total. The maximum absolute atomic E-state index is 13.0. The van der Waals surface area contributed by atoms with Gasteiger partial charge in [0, 0.05) is 48.0 Å². The molecule has 2 N–H and O–H groups in total. The summed E-state index contributed by atoms with van der Waals surface area (Å²) in [5.74, 6) is 1.75. The Kier molecular flexibility index (Phi) is 8.70. The van der Waals surface area contributed by atoms with Crippen molar-refractivity contribution in [2.45, 2.75) is 63.4 Å². The van der Waals surface area contributed by atoms with Crippen LogP contribution in [-0.2, 0) is 16.6 Å². The molecule has 2 saturated heterocycles. The lowest BCUT2D eigenvalue weighted by molar-refractivity contribution is 0.133. The fourth-order valence-corrected chi connectivity index (χ4v) is 7.82. The minimum Gasteiger partial charge on any atom is -0.371 e. The smallest absolute Gasteiger partial charge is 0.240 e. The zero-order chi connectivity index (χ0) is 29.1. The molecule has 0 radical (unpaired) electrons. The van der Waals surface area contributed by atoms with E-state index in [1.807, 2.05) is 36.4 Å². The Labute approximate surface area is 251 Å². The fourth-order valence-electron chi connectivity index (χ4n) is 6.76. The second-order valence-electron chi connectivity index (χ2n) is 12.5. The van der Waals surface area contributed by atoms with Gasteiger partial charge in [0.1, 0.15) is 0 Å². The molecule has 1 aromatic heterocycles. The van der Waals surface area contributed by atoms with Crippen LogP contribution in [0.15, 0.2) is 83.8 Å². The predicted molar refractivity (Wildman–Crippen MR) is 173 cm³/mol. The molecule has 0 bridgehead atoms. The highest BCUT2D eigenvalue weighted by molar-refractivity contribution is 7.89. The number of sulfonamides is 1. The van der Waals surface area contributed by atoms with E-state index in [0.29, 0.717) is 6.04 Å². The maximum Gasteiger partial charge on any atom is 0.240 e. The van der Waals surface area contributed by atoms with Crippen molar-refractivity contribution >= 4 is 26.6 Å². The van der Waals surface area contributed by atoms with Gasteiger partial charge in [-0.05, 0) is 118 Å². The fraction of sp³-hybridized carbons (Fsp3) is 0.429. The SMILES string of the molecule is CC(C)N1CCC(CC2CCN(c3cccc(-c4cc5cc(S(=O)(=O)NCc6ccccc6)ccc5[nH]4)c3)CC2)CC1. The number of hydrogen-bond donors (Lipinski definition) is 2. The summed E-state index contributed by atoms with van der Waals surface area (Å²) in [6.07, 6.45) is 6.67. The van der Waals surface area contributed by atoms with Gasteiger partial charge in [-0.2, -0.15) is 0 Å². The normalized spacial score (nSPS) is 17.8. The molecule has 4 aromatic rings. The van der Waals surface area contributed by atoms with Crippen LogP contribution < -0.4 is 9.62 Å². The van der Waals surface area contributed by atoms with Crippen molar-refractivity contribution in [2.24, 2.45) is 11.8 Å². The van der Waals surface area contributed by atoms with Crippen LogP contribution in [0.1, 0.15) is 51.5 Å². The average molecular weight is 585 g/mol. The zero-order valence-corrected chi connectivity index (χ0v) is 25.7. The van der Waals surface area contributed by atoms with Crippen LogP contribution in [0.5, 0.6) is 0 Å². The van der Waals surface area contributed by atoms with E-state index in [4.69, 9.17) is 0 Å². The van der Waals surface area contributed by atoms with E-state index in [0.717, 1.165) is 52.6 Å². The van der Waals surface area contributed by atoms with Crippen molar-refractivity contribution in [3.8, 4) is 11.3 Å². The van der Waals surface area contributed by atoms with Crippen molar-refractivity contribution in [3.05, 3.63) is 84.4 Å².